The van der Waals surface area contributed by atoms with E-state index in [0.29, 0.717) is 6.47 Å². The fourth-order valence-electron chi connectivity index (χ4n) is 2.63. The maximum absolute atomic E-state index is 10.1. The standard InChI is InChI=1S/C10H14O2/c1-7(12-6-11)10-5-8-2-3-9(10)4-8/h6,8-9H,2-5H2,1H3. The zero-order valence-corrected chi connectivity index (χ0v) is 7.38. The average Bonchev–Trinajstić information content (AvgIpc) is 2.64. The van der Waals surface area contributed by atoms with Gasteiger partial charge in [0, 0.05) is 0 Å². The third kappa shape index (κ3) is 1.15. The van der Waals surface area contributed by atoms with E-state index in [9.17, 15) is 4.79 Å². The molecule has 0 N–H and O–H groups in total. The van der Waals surface area contributed by atoms with Gasteiger partial charge in [-0.1, -0.05) is 0 Å². The van der Waals surface area contributed by atoms with E-state index < -0.39 is 0 Å². The number of rotatable bonds is 2. The van der Waals surface area contributed by atoms with Crippen LogP contribution in [0.5, 0.6) is 0 Å². The Labute approximate surface area is 72.6 Å². The minimum absolute atomic E-state index is 0.536. The molecule has 2 aliphatic carbocycles. The molecule has 0 radical (unpaired) electrons. The highest BCUT2D eigenvalue weighted by Gasteiger charge is 2.36. The summed E-state index contributed by atoms with van der Waals surface area (Å²) in [4.78, 5) is 10.1. The molecule has 2 unspecified atom stereocenters. The second kappa shape index (κ2) is 2.92. The lowest BCUT2D eigenvalue weighted by Crippen LogP contribution is -2.02. The highest BCUT2D eigenvalue weighted by Crippen LogP contribution is 2.48. The molecule has 0 saturated heterocycles. The summed E-state index contributed by atoms with van der Waals surface area (Å²) in [6.45, 7) is 2.44. The van der Waals surface area contributed by atoms with E-state index in [1.807, 2.05) is 6.92 Å². The highest BCUT2D eigenvalue weighted by atomic mass is 16.5. The number of carbonyl (C=O) groups is 1. The third-order valence-electron chi connectivity index (χ3n) is 3.22. The Hall–Kier alpha value is -0.790. The van der Waals surface area contributed by atoms with E-state index >= 15 is 0 Å². The Kier molecular flexibility index (Phi) is 1.91. The number of hydrogen-bond acceptors (Lipinski definition) is 2. The minimum Gasteiger partial charge on any atom is -0.434 e. The van der Waals surface area contributed by atoms with Crippen LogP contribution in [0.15, 0.2) is 11.3 Å². The predicted molar refractivity (Wildman–Crippen MR) is 45.3 cm³/mol. The van der Waals surface area contributed by atoms with Gasteiger partial charge in [-0.3, -0.25) is 4.79 Å². The van der Waals surface area contributed by atoms with Gasteiger partial charge in [0.25, 0.3) is 6.47 Å². The summed E-state index contributed by atoms with van der Waals surface area (Å²) in [5, 5.41) is 0. The number of hydrogen-bond donors (Lipinski definition) is 0. The molecule has 2 fully saturated rings. The van der Waals surface area contributed by atoms with E-state index in [-0.39, 0.29) is 0 Å². The summed E-state index contributed by atoms with van der Waals surface area (Å²) in [5.74, 6) is 2.47. The zero-order chi connectivity index (χ0) is 8.55. The monoisotopic (exact) mass is 166 g/mol. The molecule has 2 rings (SSSR count). The number of fused-ring (bicyclic) bond motifs is 2. The smallest absolute Gasteiger partial charge is 0.298 e. The molecule has 0 amide bonds. The highest BCUT2D eigenvalue weighted by molar-refractivity contribution is 5.40. The van der Waals surface area contributed by atoms with E-state index in [0.717, 1.165) is 17.6 Å². The van der Waals surface area contributed by atoms with Crippen molar-refractivity contribution in [3.8, 4) is 0 Å². The van der Waals surface area contributed by atoms with Crippen molar-refractivity contribution >= 4 is 6.47 Å². The first kappa shape index (κ1) is 7.84. The Balaban J connectivity index is 2.14. The van der Waals surface area contributed by atoms with Gasteiger partial charge in [0.15, 0.2) is 0 Å². The first-order valence-electron chi connectivity index (χ1n) is 4.61. The second-order valence-corrected chi connectivity index (χ2v) is 3.88. The van der Waals surface area contributed by atoms with Crippen molar-refractivity contribution in [1.29, 1.82) is 0 Å². The Morgan fingerprint density at radius 3 is 2.92 bits per heavy atom. The second-order valence-electron chi connectivity index (χ2n) is 3.88. The number of ether oxygens (including phenoxy) is 1. The molecule has 0 aromatic carbocycles. The Morgan fingerprint density at radius 2 is 2.42 bits per heavy atom. The van der Waals surface area contributed by atoms with Crippen LogP contribution >= 0.6 is 0 Å². The quantitative estimate of drug-likeness (QED) is 0.464. The summed E-state index contributed by atoms with van der Waals surface area (Å²) in [6.07, 6.45) is 5.18. The lowest BCUT2D eigenvalue weighted by atomic mass is 9.94. The third-order valence-corrected chi connectivity index (χ3v) is 3.22. The molecule has 2 saturated carbocycles. The minimum atomic E-state index is 0.536. The SMILES string of the molecule is CC(OC=O)=C1CC2CCC1C2. The molecule has 2 heteroatoms. The topological polar surface area (TPSA) is 26.3 Å². The Bertz CT molecular complexity index is 230. The molecule has 2 nitrogen and oxygen atoms in total. The molecule has 2 aliphatic rings. The van der Waals surface area contributed by atoms with E-state index in [2.05, 4.69) is 0 Å². The van der Waals surface area contributed by atoms with E-state index in [1.54, 1.807) is 0 Å². The lowest BCUT2D eigenvalue weighted by molar-refractivity contribution is -0.125. The van der Waals surface area contributed by atoms with Gasteiger partial charge in [0.05, 0.1) is 0 Å². The van der Waals surface area contributed by atoms with Crippen LogP contribution in [0.25, 0.3) is 0 Å². The van der Waals surface area contributed by atoms with Crippen molar-refractivity contribution in [2.45, 2.75) is 32.6 Å². The van der Waals surface area contributed by atoms with Crippen molar-refractivity contribution in [3.63, 3.8) is 0 Å². The number of allylic oxidation sites excluding steroid dienone is 2. The summed E-state index contributed by atoms with van der Waals surface area (Å²) < 4.78 is 4.88. The van der Waals surface area contributed by atoms with E-state index in [4.69, 9.17) is 4.74 Å². The summed E-state index contributed by atoms with van der Waals surface area (Å²) in [6, 6.07) is 0. The summed E-state index contributed by atoms with van der Waals surface area (Å²) in [7, 11) is 0. The fraction of sp³-hybridized carbons (Fsp3) is 0.700. The molecule has 0 aromatic heterocycles. The van der Waals surface area contributed by atoms with Crippen molar-refractivity contribution in [1.82, 2.24) is 0 Å². The van der Waals surface area contributed by atoms with Crippen LogP contribution in [0.2, 0.25) is 0 Å². The molecule has 2 atom stereocenters. The normalized spacial score (nSPS) is 36.8. The summed E-state index contributed by atoms with van der Waals surface area (Å²) in [5.41, 5.74) is 1.40. The first-order chi connectivity index (χ1) is 5.81. The zero-order valence-electron chi connectivity index (χ0n) is 7.38. The molecule has 0 spiro atoms. The van der Waals surface area contributed by atoms with Crippen molar-refractivity contribution in [2.24, 2.45) is 11.8 Å². The fourth-order valence-corrected chi connectivity index (χ4v) is 2.63. The maximum Gasteiger partial charge on any atom is 0.298 e. The first-order valence-corrected chi connectivity index (χ1v) is 4.61. The van der Waals surface area contributed by atoms with Crippen molar-refractivity contribution in [2.75, 3.05) is 0 Å². The molecule has 0 aliphatic heterocycles. The molecular weight excluding hydrogens is 152 g/mol. The van der Waals surface area contributed by atoms with Crippen LogP contribution in [-0.4, -0.2) is 6.47 Å². The van der Waals surface area contributed by atoms with Crippen LogP contribution in [0.3, 0.4) is 0 Å². The van der Waals surface area contributed by atoms with Gasteiger partial charge in [-0.05, 0) is 50.0 Å². The average molecular weight is 166 g/mol. The largest absolute Gasteiger partial charge is 0.434 e. The molecule has 66 valence electrons. The predicted octanol–water partition coefficient (Wildman–Crippen LogP) is 2.25. The van der Waals surface area contributed by atoms with Crippen LogP contribution < -0.4 is 0 Å². The Morgan fingerprint density at radius 1 is 1.58 bits per heavy atom. The molecule has 2 bridgehead atoms. The van der Waals surface area contributed by atoms with Gasteiger partial charge in [-0.25, -0.2) is 0 Å². The van der Waals surface area contributed by atoms with Crippen LogP contribution in [0.4, 0.5) is 0 Å². The summed E-state index contributed by atoms with van der Waals surface area (Å²) >= 11 is 0. The van der Waals surface area contributed by atoms with Gasteiger partial charge in [-0.15, -0.1) is 0 Å². The van der Waals surface area contributed by atoms with Gasteiger partial charge in [0.2, 0.25) is 0 Å². The van der Waals surface area contributed by atoms with Crippen molar-refractivity contribution in [3.05, 3.63) is 11.3 Å². The van der Waals surface area contributed by atoms with Gasteiger partial charge in [-0.2, -0.15) is 0 Å². The molecule has 0 aromatic rings. The molecule has 12 heavy (non-hydrogen) atoms. The molecular formula is C10H14O2. The van der Waals surface area contributed by atoms with Crippen LogP contribution in [-0.2, 0) is 9.53 Å². The van der Waals surface area contributed by atoms with Crippen molar-refractivity contribution < 1.29 is 9.53 Å². The maximum atomic E-state index is 10.1. The molecule has 0 heterocycles. The lowest BCUT2D eigenvalue weighted by Gasteiger charge is -2.14. The van der Waals surface area contributed by atoms with E-state index in [1.165, 1.54) is 31.3 Å². The number of carbonyl (C=O) groups excluding carboxylic acids is 1. The van der Waals surface area contributed by atoms with Gasteiger partial charge in [0.1, 0.15) is 5.76 Å². The van der Waals surface area contributed by atoms with Gasteiger partial charge >= 0.3 is 0 Å². The van der Waals surface area contributed by atoms with Gasteiger partial charge < -0.3 is 4.74 Å². The van der Waals surface area contributed by atoms with Crippen LogP contribution in [0, 0.1) is 11.8 Å². The van der Waals surface area contributed by atoms with Crippen LogP contribution in [0.1, 0.15) is 32.6 Å².